The highest BCUT2D eigenvalue weighted by atomic mass is 32.2. The summed E-state index contributed by atoms with van der Waals surface area (Å²) in [4.78, 5) is 25.7. The Morgan fingerprint density at radius 3 is 3.00 bits per heavy atom. The van der Waals surface area contributed by atoms with E-state index in [-0.39, 0.29) is 11.6 Å². The lowest BCUT2D eigenvalue weighted by Crippen LogP contribution is -2.28. The number of hydrogen-bond donors (Lipinski definition) is 2. The Bertz CT molecular complexity index is 422. The third kappa shape index (κ3) is 6.25. The average Bonchev–Trinajstić information content (AvgIpc) is 2.84. The third-order valence-electron chi connectivity index (χ3n) is 2.21. The predicted octanol–water partition coefficient (Wildman–Crippen LogP) is 0.0771. The monoisotopic (exact) mass is 287 g/mol. The Morgan fingerprint density at radius 1 is 1.58 bits per heavy atom. The van der Waals surface area contributed by atoms with Crippen LogP contribution >= 0.6 is 11.8 Å². The van der Waals surface area contributed by atoms with Crippen LogP contribution in [0.1, 0.15) is 10.5 Å². The van der Waals surface area contributed by atoms with Crippen LogP contribution in [0, 0.1) is 0 Å². The van der Waals surface area contributed by atoms with Crippen molar-refractivity contribution in [2.45, 2.75) is 6.54 Å². The number of rotatable bonds is 9. The summed E-state index contributed by atoms with van der Waals surface area (Å²) in [6.45, 7) is 1.57. The SMILES string of the molecule is COCCSCC(=O)NCCn1cnc(C(=O)O)c1. The van der Waals surface area contributed by atoms with Crippen LogP contribution in [0.4, 0.5) is 0 Å². The van der Waals surface area contributed by atoms with Crippen molar-refractivity contribution in [2.75, 3.05) is 31.8 Å². The number of carbonyl (C=O) groups excluding carboxylic acids is 1. The molecule has 0 aliphatic rings. The summed E-state index contributed by atoms with van der Waals surface area (Å²) in [5, 5.41) is 11.4. The number of amides is 1. The fourth-order valence-electron chi connectivity index (χ4n) is 1.28. The minimum Gasteiger partial charge on any atom is -0.476 e. The first-order valence-electron chi connectivity index (χ1n) is 5.72. The molecule has 0 aliphatic carbocycles. The van der Waals surface area contributed by atoms with E-state index in [0.29, 0.717) is 25.4 Å². The van der Waals surface area contributed by atoms with Gasteiger partial charge in [0, 0.05) is 32.1 Å². The molecule has 0 aliphatic heterocycles. The molecule has 8 heteroatoms. The largest absolute Gasteiger partial charge is 0.476 e. The van der Waals surface area contributed by atoms with Gasteiger partial charge in [-0.2, -0.15) is 0 Å². The first-order valence-corrected chi connectivity index (χ1v) is 6.87. The number of nitrogens with zero attached hydrogens (tertiary/aromatic N) is 2. The summed E-state index contributed by atoms with van der Waals surface area (Å²) < 4.78 is 6.50. The maximum absolute atomic E-state index is 11.4. The predicted molar refractivity (Wildman–Crippen MR) is 71.4 cm³/mol. The van der Waals surface area contributed by atoms with Gasteiger partial charge in [0.15, 0.2) is 5.69 Å². The van der Waals surface area contributed by atoms with Crippen molar-refractivity contribution < 1.29 is 19.4 Å². The van der Waals surface area contributed by atoms with Gasteiger partial charge in [-0.1, -0.05) is 0 Å². The van der Waals surface area contributed by atoms with E-state index in [1.54, 1.807) is 11.7 Å². The molecule has 0 atom stereocenters. The van der Waals surface area contributed by atoms with Crippen LogP contribution in [-0.2, 0) is 16.1 Å². The molecule has 1 amide bonds. The number of imidazole rings is 1. The highest BCUT2D eigenvalue weighted by Crippen LogP contribution is 1.98. The first-order chi connectivity index (χ1) is 9.13. The number of ether oxygens (including phenoxy) is 1. The molecule has 0 radical (unpaired) electrons. The van der Waals surface area contributed by atoms with Crippen molar-refractivity contribution in [1.29, 1.82) is 0 Å². The van der Waals surface area contributed by atoms with Gasteiger partial charge in [0.05, 0.1) is 18.7 Å². The van der Waals surface area contributed by atoms with Crippen LogP contribution in [0.3, 0.4) is 0 Å². The van der Waals surface area contributed by atoms with E-state index in [9.17, 15) is 9.59 Å². The second-order valence-electron chi connectivity index (χ2n) is 3.70. The van der Waals surface area contributed by atoms with Gasteiger partial charge in [-0.15, -0.1) is 11.8 Å². The van der Waals surface area contributed by atoms with Crippen molar-refractivity contribution in [1.82, 2.24) is 14.9 Å². The van der Waals surface area contributed by atoms with Gasteiger partial charge in [0.1, 0.15) is 0 Å². The van der Waals surface area contributed by atoms with Gasteiger partial charge < -0.3 is 19.7 Å². The van der Waals surface area contributed by atoms with Gasteiger partial charge in [0.25, 0.3) is 0 Å². The molecule has 1 aromatic rings. The van der Waals surface area contributed by atoms with Crippen molar-refractivity contribution >= 4 is 23.6 Å². The number of carboxylic acids is 1. The number of hydrogen-bond acceptors (Lipinski definition) is 5. The van der Waals surface area contributed by atoms with E-state index in [2.05, 4.69) is 10.3 Å². The Morgan fingerprint density at radius 2 is 2.37 bits per heavy atom. The van der Waals surface area contributed by atoms with E-state index in [4.69, 9.17) is 9.84 Å². The Kier molecular flexibility index (Phi) is 6.98. The smallest absolute Gasteiger partial charge is 0.356 e. The Hall–Kier alpha value is -1.54. The van der Waals surface area contributed by atoms with Gasteiger partial charge in [-0.25, -0.2) is 9.78 Å². The molecule has 0 spiro atoms. The molecule has 0 unspecified atom stereocenters. The van der Waals surface area contributed by atoms with Gasteiger partial charge in [-0.05, 0) is 0 Å². The Balaban J connectivity index is 2.15. The van der Waals surface area contributed by atoms with E-state index in [1.807, 2.05) is 0 Å². The fourth-order valence-corrected chi connectivity index (χ4v) is 1.99. The van der Waals surface area contributed by atoms with Crippen LogP contribution < -0.4 is 5.32 Å². The van der Waals surface area contributed by atoms with E-state index >= 15 is 0 Å². The second-order valence-corrected chi connectivity index (χ2v) is 4.80. The van der Waals surface area contributed by atoms with Crippen molar-refractivity contribution in [3.63, 3.8) is 0 Å². The zero-order valence-electron chi connectivity index (χ0n) is 10.7. The maximum Gasteiger partial charge on any atom is 0.356 e. The molecule has 1 heterocycles. The molecule has 106 valence electrons. The summed E-state index contributed by atoms with van der Waals surface area (Å²) >= 11 is 1.51. The lowest BCUT2D eigenvalue weighted by Gasteiger charge is -2.05. The molecule has 0 bridgehead atoms. The normalized spacial score (nSPS) is 10.4. The van der Waals surface area contributed by atoms with Gasteiger partial charge in [0.2, 0.25) is 5.91 Å². The molecule has 1 aromatic heterocycles. The molecule has 0 saturated carbocycles. The highest BCUT2D eigenvalue weighted by Gasteiger charge is 2.06. The summed E-state index contributed by atoms with van der Waals surface area (Å²) in [6, 6.07) is 0. The lowest BCUT2D eigenvalue weighted by molar-refractivity contribution is -0.118. The van der Waals surface area contributed by atoms with Crippen LogP contribution in [-0.4, -0.2) is 58.3 Å². The number of aromatic carboxylic acids is 1. The molecule has 19 heavy (non-hydrogen) atoms. The van der Waals surface area contributed by atoms with Gasteiger partial charge >= 0.3 is 5.97 Å². The third-order valence-corrected chi connectivity index (χ3v) is 3.13. The summed E-state index contributed by atoms with van der Waals surface area (Å²) in [6.07, 6.45) is 2.87. The van der Waals surface area contributed by atoms with Crippen molar-refractivity contribution in [3.05, 3.63) is 18.2 Å². The average molecular weight is 287 g/mol. The molecule has 0 saturated heterocycles. The van der Waals surface area contributed by atoms with Crippen LogP contribution in [0.15, 0.2) is 12.5 Å². The first kappa shape index (κ1) is 15.5. The molecule has 0 fully saturated rings. The molecule has 0 aromatic carbocycles. The van der Waals surface area contributed by atoms with E-state index in [0.717, 1.165) is 5.75 Å². The minimum atomic E-state index is -1.06. The van der Waals surface area contributed by atoms with Crippen LogP contribution in [0.2, 0.25) is 0 Å². The molecule has 2 N–H and O–H groups in total. The molecular weight excluding hydrogens is 270 g/mol. The summed E-state index contributed by atoms with van der Waals surface area (Å²) in [5.41, 5.74) is 0.00134. The fraction of sp³-hybridized carbons (Fsp3) is 0.545. The number of nitrogens with one attached hydrogen (secondary N) is 1. The number of methoxy groups -OCH3 is 1. The van der Waals surface area contributed by atoms with Crippen LogP contribution in [0.5, 0.6) is 0 Å². The molecule has 1 rings (SSSR count). The Labute approximate surface area is 115 Å². The van der Waals surface area contributed by atoms with E-state index in [1.165, 1.54) is 24.3 Å². The minimum absolute atomic E-state index is 0.00134. The second kappa shape index (κ2) is 8.54. The number of thioether (sulfide) groups is 1. The summed E-state index contributed by atoms with van der Waals surface area (Å²) in [5.74, 6) is 0.0816. The number of carboxylic acid groups (broad SMARTS) is 1. The maximum atomic E-state index is 11.4. The quantitative estimate of drug-likeness (QED) is 0.625. The summed E-state index contributed by atoms with van der Waals surface area (Å²) in [7, 11) is 1.62. The van der Waals surface area contributed by atoms with Gasteiger partial charge in [-0.3, -0.25) is 4.79 Å². The lowest BCUT2D eigenvalue weighted by atomic mass is 10.5. The highest BCUT2D eigenvalue weighted by molar-refractivity contribution is 7.99. The molecular formula is C11H17N3O4S. The standard InChI is InChI=1S/C11H17N3O4S/c1-18-4-5-19-7-10(15)12-2-3-14-6-9(11(16)17)13-8-14/h6,8H,2-5,7H2,1H3,(H,12,15)(H,16,17). The van der Waals surface area contributed by atoms with Crippen molar-refractivity contribution in [3.8, 4) is 0 Å². The van der Waals surface area contributed by atoms with Crippen molar-refractivity contribution in [2.24, 2.45) is 0 Å². The zero-order chi connectivity index (χ0) is 14.1. The molecule has 7 nitrogen and oxygen atoms in total. The zero-order valence-corrected chi connectivity index (χ0v) is 11.5. The topological polar surface area (TPSA) is 93.5 Å². The number of aromatic nitrogens is 2. The van der Waals surface area contributed by atoms with E-state index < -0.39 is 5.97 Å². The number of carbonyl (C=O) groups is 2. The van der Waals surface area contributed by atoms with Crippen LogP contribution in [0.25, 0.3) is 0 Å².